The van der Waals surface area contributed by atoms with E-state index in [0.717, 1.165) is 10.0 Å². The van der Waals surface area contributed by atoms with Crippen molar-refractivity contribution in [2.45, 2.75) is 26.1 Å². The molecule has 5 heteroatoms. The van der Waals surface area contributed by atoms with Gasteiger partial charge in [-0.2, -0.15) is 0 Å². The topological polar surface area (TPSA) is 51.6 Å². The van der Waals surface area contributed by atoms with Crippen molar-refractivity contribution in [2.24, 2.45) is 0 Å². The fourth-order valence-electron chi connectivity index (χ4n) is 1.96. The van der Waals surface area contributed by atoms with Gasteiger partial charge in [-0.3, -0.25) is 4.98 Å². The normalized spacial score (nSPS) is 12.3. The molecule has 1 aromatic heterocycles. The lowest BCUT2D eigenvalue weighted by molar-refractivity contribution is 0.214. The number of aliphatic hydroxyl groups excluding tert-OH is 1. The molecule has 21 heavy (non-hydrogen) atoms. The Balaban J connectivity index is 2.33. The van der Waals surface area contributed by atoms with Crippen LogP contribution in [0.5, 0.6) is 11.5 Å². The lowest BCUT2D eigenvalue weighted by Gasteiger charge is -2.16. The van der Waals surface area contributed by atoms with Gasteiger partial charge in [-0.25, -0.2) is 0 Å². The Bertz CT molecular complexity index is 616. The SMILES string of the molecule is COc1ccc(Br)c(C(O)c2cncc(OC(C)C)c2)c1. The third kappa shape index (κ3) is 3.95. The number of hydrogen-bond acceptors (Lipinski definition) is 4. The van der Waals surface area contributed by atoms with Gasteiger partial charge in [0, 0.05) is 21.8 Å². The number of benzene rings is 1. The first-order chi connectivity index (χ1) is 10.0. The van der Waals surface area contributed by atoms with Gasteiger partial charge in [0.25, 0.3) is 0 Å². The summed E-state index contributed by atoms with van der Waals surface area (Å²) in [6.07, 6.45) is 2.51. The summed E-state index contributed by atoms with van der Waals surface area (Å²) < 4.78 is 11.6. The van der Waals surface area contributed by atoms with Gasteiger partial charge in [0.05, 0.1) is 19.4 Å². The van der Waals surface area contributed by atoms with Gasteiger partial charge in [-0.15, -0.1) is 0 Å². The van der Waals surface area contributed by atoms with Crippen molar-refractivity contribution in [2.75, 3.05) is 7.11 Å². The third-order valence-corrected chi connectivity index (χ3v) is 3.64. The summed E-state index contributed by atoms with van der Waals surface area (Å²) in [4.78, 5) is 4.12. The zero-order chi connectivity index (χ0) is 15.4. The molecular weight excluding hydrogens is 334 g/mol. The molecule has 0 amide bonds. The van der Waals surface area contributed by atoms with Crippen LogP contribution in [-0.2, 0) is 0 Å². The second-order valence-corrected chi connectivity index (χ2v) is 5.76. The number of aliphatic hydroxyl groups is 1. The molecule has 112 valence electrons. The molecule has 1 unspecified atom stereocenters. The average molecular weight is 352 g/mol. The zero-order valence-corrected chi connectivity index (χ0v) is 13.8. The van der Waals surface area contributed by atoms with Crippen molar-refractivity contribution in [3.05, 3.63) is 52.3 Å². The highest BCUT2D eigenvalue weighted by molar-refractivity contribution is 9.10. The lowest BCUT2D eigenvalue weighted by atomic mass is 10.0. The highest BCUT2D eigenvalue weighted by Gasteiger charge is 2.16. The summed E-state index contributed by atoms with van der Waals surface area (Å²) in [5.41, 5.74) is 1.39. The van der Waals surface area contributed by atoms with E-state index < -0.39 is 6.10 Å². The molecule has 2 rings (SSSR count). The van der Waals surface area contributed by atoms with Crippen LogP contribution in [0.15, 0.2) is 41.1 Å². The van der Waals surface area contributed by atoms with Crippen LogP contribution < -0.4 is 9.47 Å². The predicted molar refractivity (Wildman–Crippen MR) is 84.8 cm³/mol. The summed E-state index contributed by atoms with van der Waals surface area (Å²) in [6, 6.07) is 7.27. The Hall–Kier alpha value is -1.59. The minimum atomic E-state index is -0.808. The number of methoxy groups -OCH3 is 1. The van der Waals surface area contributed by atoms with E-state index in [1.807, 2.05) is 26.0 Å². The van der Waals surface area contributed by atoms with E-state index in [4.69, 9.17) is 9.47 Å². The van der Waals surface area contributed by atoms with Gasteiger partial charge >= 0.3 is 0 Å². The van der Waals surface area contributed by atoms with Gasteiger partial charge in [0.2, 0.25) is 0 Å². The maximum absolute atomic E-state index is 10.6. The van der Waals surface area contributed by atoms with Crippen molar-refractivity contribution in [1.82, 2.24) is 4.98 Å². The van der Waals surface area contributed by atoms with Crippen LogP contribution in [0, 0.1) is 0 Å². The largest absolute Gasteiger partial charge is 0.497 e. The second kappa shape index (κ2) is 6.91. The van der Waals surface area contributed by atoms with Gasteiger partial charge in [-0.1, -0.05) is 15.9 Å². The number of halogens is 1. The van der Waals surface area contributed by atoms with E-state index in [1.165, 1.54) is 0 Å². The minimum absolute atomic E-state index is 0.0581. The molecule has 1 N–H and O–H groups in total. The first-order valence-corrected chi connectivity index (χ1v) is 7.43. The molecule has 1 aromatic carbocycles. The van der Waals surface area contributed by atoms with Crippen LogP contribution in [0.4, 0.5) is 0 Å². The van der Waals surface area contributed by atoms with Crippen LogP contribution >= 0.6 is 15.9 Å². The lowest BCUT2D eigenvalue weighted by Crippen LogP contribution is -2.07. The molecule has 2 aromatic rings. The van der Waals surface area contributed by atoms with Crippen LogP contribution in [0.25, 0.3) is 0 Å². The standard InChI is InChI=1S/C16H18BrNO3/c1-10(2)21-13-6-11(8-18-9-13)16(19)14-7-12(20-3)4-5-15(14)17/h4-10,16,19H,1-3H3. The molecule has 0 fully saturated rings. The summed E-state index contributed by atoms with van der Waals surface area (Å²) in [6.45, 7) is 3.89. The van der Waals surface area contributed by atoms with Crippen molar-refractivity contribution < 1.29 is 14.6 Å². The van der Waals surface area contributed by atoms with Gasteiger partial charge in [0.15, 0.2) is 0 Å². The van der Waals surface area contributed by atoms with Crippen molar-refractivity contribution in [1.29, 1.82) is 0 Å². The summed E-state index contributed by atoms with van der Waals surface area (Å²) in [5, 5.41) is 10.6. The van der Waals surface area contributed by atoms with Crippen molar-refractivity contribution in [3.8, 4) is 11.5 Å². The maximum atomic E-state index is 10.6. The molecule has 0 aliphatic rings. The van der Waals surface area contributed by atoms with Crippen molar-refractivity contribution in [3.63, 3.8) is 0 Å². The Labute approximate surface area is 132 Å². The number of hydrogen-bond donors (Lipinski definition) is 1. The Kier molecular flexibility index (Phi) is 5.20. The molecule has 0 saturated carbocycles. The molecule has 0 radical (unpaired) electrons. The minimum Gasteiger partial charge on any atom is -0.497 e. The number of ether oxygens (including phenoxy) is 2. The fraction of sp³-hybridized carbons (Fsp3) is 0.312. The number of nitrogens with zero attached hydrogens (tertiary/aromatic N) is 1. The molecular formula is C16H18BrNO3. The smallest absolute Gasteiger partial charge is 0.138 e. The quantitative estimate of drug-likeness (QED) is 0.891. The van der Waals surface area contributed by atoms with Crippen molar-refractivity contribution >= 4 is 15.9 Å². The number of rotatable bonds is 5. The number of aromatic nitrogens is 1. The maximum Gasteiger partial charge on any atom is 0.138 e. The molecule has 0 aliphatic heterocycles. The summed E-state index contributed by atoms with van der Waals surface area (Å²) in [5.74, 6) is 1.33. The molecule has 0 spiro atoms. The molecule has 1 atom stereocenters. The van der Waals surface area contributed by atoms with Crippen LogP contribution in [-0.4, -0.2) is 23.3 Å². The van der Waals surface area contributed by atoms with Gasteiger partial charge in [-0.05, 0) is 38.1 Å². The fourth-order valence-corrected chi connectivity index (χ4v) is 2.42. The zero-order valence-electron chi connectivity index (χ0n) is 12.2. The highest BCUT2D eigenvalue weighted by atomic mass is 79.9. The molecule has 4 nitrogen and oxygen atoms in total. The van der Waals surface area contributed by atoms with Gasteiger partial charge < -0.3 is 14.6 Å². The monoisotopic (exact) mass is 351 g/mol. The average Bonchev–Trinajstić information content (AvgIpc) is 2.46. The van der Waals surface area contributed by atoms with Gasteiger partial charge in [0.1, 0.15) is 17.6 Å². The third-order valence-electron chi connectivity index (χ3n) is 2.92. The highest BCUT2D eigenvalue weighted by Crippen LogP contribution is 2.32. The Morgan fingerprint density at radius 1 is 1.14 bits per heavy atom. The molecule has 1 heterocycles. The molecule has 0 saturated heterocycles. The Morgan fingerprint density at radius 3 is 2.57 bits per heavy atom. The molecule has 0 bridgehead atoms. The second-order valence-electron chi connectivity index (χ2n) is 4.91. The van der Waals surface area contributed by atoms with E-state index in [9.17, 15) is 5.11 Å². The Morgan fingerprint density at radius 2 is 1.90 bits per heavy atom. The first-order valence-electron chi connectivity index (χ1n) is 6.64. The van der Waals surface area contributed by atoms with Crippen LogP contribution in [0.2, 0.25) is 0 Å². The van der Waals surface area contributed by atoms with E-state index >= 15 is 0 Å². The summed E-state index contributed by atoms with van der Waals surface area (Å²) >= 11 is 3.45. The number of pyridine rings is 1. The van der Waals surface area contributed by atoms with E-state index in [2.05, 4.69) is 20.9 Å². The predicted octanol–water partition coefficient (Wildman–Crippen LogP) is 3.72. The van der Waals surface area contributed by atoms with E-state index in [1.54, 1.807) is 31.6 Å². The van der Waals surface area contributed by atoms with Crippen LogP contribution in [0.1, 0.15) is 31.1 Å². The van der Waals surface area contributed by atoms with E-state index in [-0.39, 0.29) is 6.10 Å². The first kappa shape index (κ1) is 15.8. The van der Waals surface area contributed by atoms with E-state index in [0.29, 0.717) is 17.1 Å². The summed E-state index contributed by atoms with van der Waals surface area (Å²) in [7, 11) is 1.60. The molecule has 0 aliphatic carbocycles. The van der Waals surface area contributed by atoms with Crippen LogP contribution in [0.3, 0.4) is 0 Å².